The zero-order valence-electron chi connectivity index (χ0n) is 8.77. The zero-order chi connectivity index (χ0) is 7.98. The third-order valence-corrected chi connectivity index (χ3v) is 1.18. The molecule has 0 aromatic heterocycles. The molecule has 71 valence electrons. The van der Waals surface area contributed by atoms with Gasteiger partial charge in [-0.2, -0.15) is 6.54 Å². The number of nitrogens with one attached hydrogen (secondary N) is 1. The van der Waals surface area contributed by atoms with Gasteiger partial charge in [0.05, 0.1) is 0 Å². The fourth-order valence-corrected chi connectivity index (χ4v) is 0.320. The van der Waals surface area contributed by atoms with Crippen LogP contribution in [0.15, 0.2) is 11.1 Å². The largest absolute Gasteiger partial charge is 2.00 e. The minimum absolute atomic E-state index is 0. The number of hydrogen-bond acceptors (Lipinski definition) is 1. The monoisotopic (exact) mass is 423 g/mol. The molecule has 0 fully saturated rings. The number of rotatable bonds is 1. The third-order valence-electron chi connectivity index (χ3n) is 1.18. The van der Waals surface area contributed by atoms with Crippen molar-refractivity contribution in [3.05, 3.63) is 32.2 Å². The van der Waals surface area contributed by atoms with Gasteiger partial charge in [0.1, 0.15) is 0 Å². The Balaban J connectivity index is -0.000000135. The Morgan fingerprint density at radius 1 is 1.31 bits per heavy atom. The van der Waals surface area contributed by atoms with Gasteiger partial charge in [-0.15, -0.1) is 5.57 Å². The van der Waals surface area contributed by atoms with Crippen LogP contribution in [0.1, 0.15) is 20.8 Å². The third kappa shape index (κ3) is 15.7. The van der Waals surface area contributed by atoms with Gasteiger partial charge >= 0.3 is 21.1 Å². The van der Waals surface area contributed by atoms with Crippen LogP contribution >= 0.6 is 0 Å². The van der Waals surface area contributed by atoms with Crippen molar-refractivity contribution in [3.63, 3.8) is 0 Å². The topological polar surface area (TPSA) is 12.0 Å². The summed E-state index contributed by atoms with van der Waals surface area (Å²) in [4.78, 5) is 0. The minimum Gasteiger partial charge on any atom is -0.524 e. The molecule has 0 aliphatic rings. The summed E-state index contributed by atoms with van der Waals surface area (Å²) in [5.41, 5.74) is 2.37. The molecule has 0 bridgehead atoms. The zero-order valence-corrected chi connectivity index (χ0v) is 14.5. The van der Waals surface area contributed by atoms with Crippen LogP contribution in [0.2, 0.25) is 0 Å². The Hall–Kier alpha value is 0.922. The summed E-state index contributed by atoms with van der Waals surface area (Å²) < 4.78 is 0. The van der Waals surface area contributed by atoms with Crippen molar-refractivity contribution in [1.82, 2.24) is 5.32 Å². The maximum absolute atomic E-state index is 3.40. The Labute approximate surface area is 123 Å². The van der Waals surface area contributed by atoms with Gasteiger partial charge < -0.3 is 12.7 Å². The van der Waals surface area contributed by atoms with E-state index >= 15 is 0 Å². The predicted molar refractivity (Wildman–Crippen MR) is 51.0 cm³/mol. The average Bonchev–Trinajstić information content (AvgIpc) is 1.88. The van der Waals surface area contributed by atoms with Crippen LogP contribution < -0.4 is 5.32 Å². The van der Waals surface area contributed by atoms with Crippen LogP contribution in [0.5, 0.6) is 0 Å². The van der Waals surface area contributed by atoms with E-state index in [-0.39, 0.29) is 61.2 Å². The molecule has 1 radical (unpaired) electrons. The molecular weight excluding hydrogens is 407 g/mol. The number of hydrogen-bond donors (Lipinski definition) is 1. The van der Waals surface area contributed by atoms with Gasteiger partial charge in [0.2, 0.25) is 0 Å². The first-order chi connectivity index (χ1) is 4.68. The van der Waals surface area contributed by atoms with E-state index in [0.717, 1.165) is 5.57 Å². The van der Waals surface area contributed by atoms with E-state index in [0.29, 0.717) is 0 Å². The molecule has 0 spiro atoms. The molecule has 0 rings (SSSR count). The van der Waals surface area contributed by atoms with E-state index in [1.165, 1.54) is 5.57 Å². The molecule has 0 heterocycles. The van der Waals surface area contributed by atoms with Crippen molar-refractivity contribution in [2.75, 3.05) is 0 Å². The molecule has 0 aromatic rings. The van der Waals surface area contributed by atoms with Crippen molar-refractivity contribution < 1.29 is 53.8 Å². The molecule has 0 aliphatic carbocycles. The second-order valence-electron chi connectivity index (χ2n) is 2.24. The molecule has 0 saturated carbocycles. The Morgan fingerprint density at radius 3 is 2.08 bits per heavy atom. The van der Waals surface area contributed by atoms with Crippen LogP contribution in [0.4, 0.5) is 0 Å². The van der Waals surface area contributed by atoms with Crippen molar-refractivity contribution in [3.8, 4) is 11.8 Å². The minimum atomic E-state index is 0. The first-order valence-corrected chi connectivity index (χ1v) is 3.18. The SMILES string of the molecule is [CH2-]N[CH-]C#CC(C)=C(C)C.[CH3-].[W+2].[Y]. The summed E-state index contributed by atoms with van der Waals surface area (Å²) in [6.45, 7) is 7.70. The summed E-state index contributed by atoms with van der Waals surface area (Å²) in [6.07, 6.45) is 0. The molecule has 13 heavy (non-hydrogen) atoms. The van der Waals surface area contributed by atoms with Gasteiger partial charge in [0.25, 0.3) is 0 Å². The second-order valence-corrected chi connectivity index (χ2v) is 2.24. The maximum Gasteiger partial charge on any atom is 2.00 e. The molecule has 1 nitrogen and oxygen atoms in total. The molecule has 0 saturated heterocycles. The standard InChI is InChI=1S/C9H13N.CH3.W.Y/c1-8(2)9(3)6-5-7-10-4;;;/h7,10H,4H2,1-3H3;1H3;;/q-2;-1;+2;. The van der Waals surface area contributed by atoms with E-state index in [9.17, 15) is 0 Å². The van der Waals surface area contributed by atoms with E-state index in [1.807, 2.05) is 20.8 Å². The summed E-state index contributed by atoms with van der Waals surface area (Å²) in [5, 5.41) is 2.59. The normalized spacial score (nSPS) is 5.85. The van der Waals surface area contributed by atoms with Crippen LogP contribution in [0, 0.1) is 32.9 Å². The molecule has 0 unspecified atom stereocenters. The van der Waals surface area contributed by atoms with Gasteiger partial charge in [0, 0.05) is 32.7 Å². The van der Waals surface area contributed by atoms with Crippen molar-refractivity contribution >= 4 is 0 Å². The van der Waals surface area contributed by atoms with Crippen LogP contribution in [-0.2, 0) is 53.8 Å². The van der Waals surface area contributed by atoms with Gasteiger partial charge in [-0.3, -0.25) is 18.9 Å². The summed E-state index contributed by atoms with van der Waals surface area (Å²) >= 11 is 0. The first kappa shape index (κ1) is 23.6. The van der Waals surface area contributed by atoms with Gasteiger partial charge in [-0.1, -0.05) is 12.5 Å². The molecule has 0 aliphatic heterocycles. The van der Waals surface area contributed by atoms with Crippen molar-refractivity contribution in [2.45, 2.75) is 20.8 Å². The fraction of sp³-hybridized carbons (Fsp3) is 0.300. The smallest absolute Gasteiger partial charge is 0.524 e. The van der Waals surface area contributed by atoms with Gasteiger partial charge in [-0.25, -0.2) is 0 Å². The predicted octanol–water partition coefficient (Wildman–Crippen LogP) is 2.33. The summed E-state index contributed by atoms with van der Waals surface area (Å²) in [7, 11) is 3.40. The van der Waals surface area contributed by atoms with Crippen LogP contribution in [-0.4, -0.2) is 0 Å². The molecule has 1 N–H and O–H groups in total. The molecule has 0 aromatic carbocycles. The van der Waals surface area contributed by atoms with Crippen molar-refractivity contribution in [1.29, 1.82) is 0 Å². The fourth-order valence-electron chi connectivity index (χ4n) is 0.320. The van der Waals surface area contributed by atoms with Crippen molar-refractivity contribution in [2.24, 2.45) is 0 Å². The Bertz CT molecular complexity index is 185. The Kier molecular flexibility index (Phi) is 28.0. The van der Waals surface area contributed by atoms with Crippen LogP contribution in [0.3, 0.4) is 0 Å². The van der Waals surface area contributed by atoms with E-state index in [1.54, 1.807) is 6.54 Å². The van der Waals surface area contributed by atoms with Crippen LogP contribution in [0.25, 0.3) is 0 Å². The maximum atomic E-state index is 3.40. The molecule has 3 heteroatoms. The van der Waals surface area contributed by atoms with Gasteiger partial charge in [0.15, 0.2) is 0 Å². The molecular formula is C10H16NWY-. The van der Waals surface area contributed by atoms with E-state index in [2.05, 4.69) is 24.2 Å². The van der Waals surface area contributed by atoms with Gasteiger partial charge in [-0.05, 0) is 13.8 Å². The van der Waals surface area contributed by atoms with E-state index < -0.39 is 0 Å². The number of allylic oxidation sites excluding steroid dienone is 2. The second kappa shape index (κ2) is 15.4. The summed E-state index contributed by atoms with van der Waals surface area (Å²) in [6, 6.07) is 0. The quantitative estimate of drug-likeness (QED) is 0.505. The molecule has 0 atom stereocenters. The first-order valence-electron chi connectivity index (χ1n) is 3.18. The van der Waals surface area contributed by atoms with E-state index in [4.69, 9.17) is 0 Å². The Morgan fingerprint density at radius 2 is 1.77 bits per heavy atom. The molecule has 0 amide bonds. The summed E-state index contributed by atoms with van der Waals surface area (Å²) in [5.74, 6) is 5.76. The average molecular weight is 423 g/mol.